The number of nitrogens with zero attached hydrogens (tertiary/aromatic N) is 2. The molecule has 1 aromatic heterocycles. The quantitative estimate of drug-likeness (QED) is 0.234. The topological polar surface area (TPSA) is 8.17 Å². The summed E-state index contributed by atoms with van der Waals surface area (Å²) in [5.41, 5.74) is 8.59. The molecule has 7 aromatic rings. The van der Waals surface area contributed by atoms with E-state index in [2.05, 4.69) is 156 Å². The maximum absolute atomic E-state index is 2.41. The summed E-state index contributed by atoms with van der Waals surface area (Å²) < 4.78 is 2.39. The van der Waals surface area contributed by atoms with Gasteiger partial charge in [0.2, 0.25) is 0 Å². The van der Waals surface area contributed by atoms with Crippen LogP contribution in [0.1, 0.15) is 11.1 Å². The first kappa shape index (κ1) is 22.4. The van der Waals surface area contributed by atoms with Gasteiger partial charge in [0.1, 0.15) is 0 Å². The van der Waals surface area contributed by atoms with Crippen LogP contribution in [0, 0.1) is 6.92 Å². The number of aromatic nitrogens is 1. The van der Waals surface area contributed by atoms with Crippen molar-refractivity contribution in [1.29, 1.82) is 0 Å². The van der Waals surface area contributed by atoms with Crippen LogP contribution in [0.2, 0.25) is 0 Å². The zero-order valence-electron chi connectivity index (χ0n) is 21.4. The van der Waals surface area contributed by atoms with Crippen LogP contribution in [-0.2, 0) is 6.54 Å². The minimum Gasteiger partial charge on any atom is -0.337 e. The van der Waals surface area contributed by atoms with Gasteiger partial charge < -0.3 is 9.47 Å². The third-order valence-corrected chi connectivity index (χ3v) is 7.45. The fourth-order valence-corrected chi connectivity index (χ4v) is 5.63. The Labute approximate surface area is 223 Å². The summed E-state index contributed by atoms with van der Waals surface area (Å²) in [6, 6.07) is 50.4. The molecular weight excluding hydrogens is 460 g/mol. The summed E-state index contributed by atoms with van der Waals surface area (Å²) in [6.07, 6.45) is 0. The van der Waals surface area contributed by atoms with Crippen molar-refractivity contribution >= 4 is 44.0 Å². The maximum Gasteiger partial charge on any atom is 0.0541 e. The van der Waals surface area contributed by atoms with Gasteiger partial charge >= 0.3 is 0 Å². The van der Waals surface area contributed by atoms with Crippen molar-refractivity contribution in [2.24, 2.45) is 0 Å². The molecule has 7 rings (SSSR count). The van der Waals surface area contributed by atoms with Crippen molar-refractivity contribution < 1.29 is 0 Å². The molecule has 182 valence electrons. The molecule has 0 saturated heterocycles. The van der Waals surface area contributed by atoms with Gasteiger partial charge in [0, 0.05) is 34.4 Å². The Bertz CT molecular complexity index is 1910. The molecule has 6 aromatic carbocycles. The van der Waals surface area contributed by atoms with Crippen LogP contribution in [0.3, 0.4) is 0 Å². The predicted octanol–water partition coefficient (Wildman–Crippen LogP) is 9.58. The fourth-order valence-electron chi connectivity index (χ4n) is 5.63. The van der Waals surface area contributed by atoms with Gasteiger partial charge in [-0.3, -0.25) is 0 Å². The van der Waals surface area contributed by atoms with E-state index in [1.54, 1.807) is 0 Å². The van der Waals surface area contributed by atoms with E-state index in [0.717, 1.165) is 6.54 Å². The molecule has 38 heavy (non-hydrogen) atoms. The first-order valence-corrected chi connectivity index (χ1v) is 13.2. The predicted molar refractivity (Wildman–Crippen MR) is 162 cm³/mol. The summed E-state index contributed by atoms with van der Waals surface area (Å²) in [5.74, 6) is 0. The van der Waals surface area contributed by atoms with E-state index in [1.807, 2.05) is 0 Å². The van der Waals surface area contributed by atoms with Gasteiger partial charge in [0.15, 0.2) is 0 Å². The highest BCUT2D eigenvalue weighted by Crippen LogP contribution is 2.35. The lowest BCUT2D eigenvalue weighted by molar-refractivity contribution is 0.978. The fraction of sp³-hybridized carbons (Fsp3) is 0.0556. The summed E-state index contributed by atoms with van der Waals surface area (Å²) >= 11 is 0. The highest BCUT2D eigenvalue weighted by molar-refractivity contribution is 6.09. The van der Waals surface area contributed by atoms with Crippen LogP contribution in [0.15, 0.2) is 140 Å². The lowest BCUT2D eigenvalue weighted by atomic mass is 10.1. The zero-order valence-corrected chi connectivity index (χ0v) is 21.4. The third-order valence-electron chi connectivity index (χ3n) is 7.45. The van der Waals surface area contributed by atoms with E-state index in [4.69, 9.17) is 0 Å². The first-order chi connectivity index (χ1) is 18.7. The number of hydrogen-bond acceptors (Lipinski definition) is 1. The molecule has 1 heterocycles. The average Bonchev–Trinajstić information content (AvgIpc) is 3.30. The summed E-state index contributed by atoms with van der Waals surface area (Å²) in [5, 5.41) is 5.08. The minimum atomic E-state index is 0.780. The van der Waals surface area contributed by atoms with Crippen LogP contribution >= 0.6 is 0 Å². The van der Waals surface area contributed by atoms with Crippen LogP contribution in [0.5, 0.6) is 0 Å². The highest BCUT2D eigenvalue weighted by atomic mass is 15.1. The second-order valence-corrected chi connectivity index (χ2v) is 10.00. The molecule has 0 fully saturated rings. The molecule has 2 nitrogen and oxygen atoms in total. The molecule has 0 spiro atoms. The second-order valence-electron chi connectivity index (χ2n) is 10.00. The van der Waals surface area contributed by atoms with Crippen molar-refractivity contribution in [3.8, 4) is 5.69 Å². The molecule has 2 heteroatoms. The Morgan fingerprint density at radius 3 is 2.16 bits per heavy atom. The van der Waals surface area contributed by atoms with Crippen LogP contribution < -0.4 is 4.90 Å². The van der Waals surface area contributed by atoms with Gasteiger partial charge in [-0.15, -0.1) is 0 Å². The monoisotopic (exact) mass is 488 g/mol. The molecule has 0 aliphatic rings. The number of benzene rings is 6. The lowest BCUT2D eigenvalue weighted by Crippen LogP contribution is -2.16. The Balaban J connectivity index is 1.37. The highest BCUT2D eigenvalue weighted by Gasteiger charge is 2.15. The van der Waals surface area contributed by atoms with Gasteiger partial charge in [0.25, 0.3) is 0 Å². The molecule has 0 unspecified atom stereocenters. The molecule has 0 N–H and O–H groups in total. The maximum atomic E-state index is 2.41. The van der Waals surface area contributed by atoms with E-state index < -0.39 is 0 Å². The Morgan fingerprint density at radius 2 is 1.29 bits per heavy atom. The molecule has 0 amide bonds. The summed E-state index contributed by atoms with van der Waals surface area (Å²) in [4.78, 5) is 2.41. The van der Waals surface area contributed by atoms with Crippen molar-refractivity contribution in [3.05, 3.63) is 151 Å². The van der Waals surface area contributed by atoms with Crippen molar-refractivity contribution in [3.63, 3.8) is 0 Å². The molecule has 0 bridgehead atoms. The van der Waals surface area contributed by atoms with Crippen LogP contribution in [0.25, 0.3) is 38.3 Å². The molecule has 0 aliphatic heterocycles. The number of hydrogen-bond donors (Lipinski definition) is 0. The zero-order chi connectivity index (χ0) is 25.5. The van der Waals surface area contributed by atoms with Gasteiger partial charge in [-0.1, -0.05) is 84.9 Å². The summed E-state index contributed by atoms with van der Waals surface area (Å²) in [7, 11) is 0. The van der Waals surface area contributed by atoms with Crippen LogP contribution in [0.4, 0.5) is 11.4 Å². The van der Waals surface area contributed by atoms with E-state index >= 15 is 0 Å². The standard InChI is InChI=1S/C36H28N2/c1-26-10-9-15-32(22-26)38-35-17-8-7-16-33(35)34-23-27(18-21-36(34)38)25-37(30-13-3-2-4-14-30)31-20-19-28-11-5-6-12-29(28)24-31/h2-24H,25H2,1H3. The van der Waals surface area contributed by atoms with E-state index in [-0.39, 0.29) is 0 Å². The largest absolute Gasteiger partial charge is 0.337 e. The number of fused-ring (bicyclic) bond motifs is 4. The molecule has 0 atom stereocenters. The van der Waals surface area contributed by atoms with Gasteiger partial charge in [0.05, 0.1) is 11.0 Å². The van der Waals surface area contributed by atoms with Crippen LogP contribution in [-0.4, -0.2) is 4.57 Å². The van der Waals surface area contributed by atoms with Gasteiger partial charge in [-0.2, -0.15) is 0 Å². The first-order valence-electron chi connectivity index (χ1n) is 13.2. The average molecular weight is 489 g/mol. The van der Waals surface area contributed by atoms with E-state index in [9.17, 15) is 0 Å². The van der Waals surface area contributed by atoms with Crippen molar-refractivity contribution in [1.82, 2.24) is 4.57 Å². The lowest BCUT2D eigenvalue weighted by Gasteiger charge is -2.26. The van der Waals surface area contributed by atoms with Gasteiger partial charge in [-0.25, -0.2) is 0 Å². The smallest absolute Gasteiger partial charge is 0.0541 e. The normalized spacial score (nSPS) is 11.4. The molecule has 0 saturated carbocycles. The Kier molecular flexibility index (Phi) is 5.44. The molecule has 0 radical (unpaired) electrons. The van der Waals surface area contributed by atoms with Gasteiger partial charge in [-0.05, 0) is 83.4 Å². The Hall–Kier alpha value is -4.82. The van der Waals surface area contributed by atoms with E-state index in [1.165, 1.54) is 60.8 Å². The van der Waals surface area contributed by atoms with Crippen molar-refractivity contribution in [2.45, 2.75) is 13.5 Å². The number of rotatable bonds is 5. The van der Waals surface area contributed by atoms with Crippen molar-refractivity contribution in [2.75, 3.05) is 4.90 Å². The Morgan fingerprint density at radius 1 is 0.526 bits per heavy atom. The number of para-hydroxylation sites is 2. The SMILES string of the molecule is Cc1cccc(-n2c3ccccc3c3cc(CN(c4ccccc4)c4ccc5ccccc5c4)ccc32)c1. The number of anilines is 2. The molecular formula is C36H28N2. The number of aryl methyl sites for hydroxylation is 1. The second kappa shape index (κ2) is 9.24. The van der Waals surface area contributed by atoms with E-state index in [0.29, 0.717) is 0 Å². The summed E-state index contributed by atoms with van der Waals surface area (Å²) in [6.45, 7) is 2.93. The third kappa shape index (κ3) is 3.91. The minimum absolute atomic E-state index is 0.780. The molecule has 0 aliphatic carbocycles.